The number of carbonyl (C=O) groups is 1. The van der Waals surface area contributed by atoms with Crippen molar-refractivity contribution in [2.24, 2.45) is 0 Å². The van der Waals surface area contributed by atoms with E-state index in [1.54, 1.807) is 24.3 Å². The van der Waals surface area contributed by atoms with Gasteiger partial charge in [0.2, 0.25) is 5.91 Å². The SMILES string of the molecule is CCN1CCCN(C(=O)CCn2c(=O)[nH]c(=O)c3ccccc32)CC1. The van der Waals surface area contributed by atoms with Gasteiger partial charge in [-0.05, 0) is 31.6 Å². The minimum atomic E-state index is -0.468. The van der Waals surface area contributed by atoms with E-state index in [-0.39, 0.29) is 18.9 Å². The third-order valence-electron chi connectivity index (χ3n) is 4.84. The molecule has 1 N–H and O–H groups in total. The van der Waals surface area contributed by atoms with Crippen LogP contribution in [-0.4, -0.2) is 58.0 Å². The number of fused-ring (bicyclic) bond motifs is 1. The number of nitrogens with zero attached hydrogens (tertiary/aromatic N) is 3. The third kappa shape index (κ3) is 3.82. The number of hydrogen-bond acceptors (Lipinski definition) is 4. The maximum absolute atomic E-state index is 12.6. The van der Waals surface area contributed by atoms with E-state index in [0.717, 1.165) is 39.1 Å². The smallest absolute Gasteiger partial charge is 0.328 e. The summed E-state index contributed by atoms with van der Waals surface area (Å²) in [6, 6.07) is 6.96. The van der Waals surface area contributed by atoms with Gasteiger partial charge in [-0.2, -0.15) is 0 Å². The standard InChI is InChI=1S/C18H24N4O3/c1-2-20-9-5-10-21(13-12-20)16(23)8-11-22-15-7-4-3-6-14(15)17(24)19-18(22)25/h3-4,6-7H,2,5,8-13H2,1H3,(H,19,24,25). The summed E-state index contributed by atoms with van der Waals surface area (Å²) in [6.07, 6.45) is 1.23. The van der Waals surface area contributed by atoms with Crippen LogP contribution in [0.15, 0.2) is 33.9 Å². The number of rotatable bonds is 4. The summed E-state index contributed by atoms with van der Waals surface area (Å²) in [5, 5.41) is 0.461. The molecule has 0 spiro atoms. The van der Waals surface area contributed by atoms with Gasteiger partial charge < -0.3 is 9.80 Å². The van der Waals surface area contributed by atoms with Crippen LogP contribution in [0.1, 0.15) is 19.8 Å². The van der Waals surface area contributed by atoms with Gasteiger partial charge in [0, 0.05) is 32.6 Å². The van der Waals surface area contributed by atoms with Crippen molar-refractivity contribution < 1.29 is 4.79 Å². The van der Waals surface area contributed by atoms with E-state index < -0.39 is 11.2 Å². The number of para-hydroxylation sites is 1. The first-order valence-electron chi connectivity index (χ1n) is 8.82. The number of aryl methyl sites for hydroxylation is 1. The molecular weight excluding hydrogens is 320 g/mol. The molecule has 1 aliphatic rings. The van der Waals surface area contributed by atoms with Crippen molar-refractivity contribution in [1.82, 2.24) is 19.4 Å². The third-order valence-corrected chi connectivity index (χ3v) is 4.84. The van der Waals surface area contributed by atoms with Crippen molar-refractivity contribution in [2.45, 2.75) is 26.3 Å². The summed E-state index contributed by atoms with van der Waals surface area (Å²) in [4.78, 5) is 43.1. The average molecular weight is 344 g/mol. The van der Waals surface area contributed by atoms with Crippen molar-refractivity contribution in [3.05, 3.63) is 45.1 Å². The molecule has 1 aromatic heterocycles. The molecule has 0 unspecified atom stereocenters. The molecule has 1 aliphatic heterocycles. The van der Waals surface area contributed by atoms with Crippen LogP contribution >= 0.6 is 0 Å². The topological polar surface area (TPSA) is 78.4 Å². The number of hydrogen-bond donors (Lipinski definition) is 1. The Morgan fingerprint density at radius 2 is 1.92 bits per heavy atom. The molecule has 0 bridgehead atoms. The Balaban J connectivity index is 1.74. The maximum Gasteiger partial charge on any atom is 0.328 e. The molecule has 0 atom stereocenters. The van der Waals surface area contributed by atoms with Crippen LogP contribution in [-0.2, 0) is 11.3 Å². The lowest BCUT2D eigenvalue weighted by Crippen LogP contribution is -2.37. The van der Waals surface area contributed by atoms with E-state index in [0.29, 0.717) is 10.9 Å². The van der Waals surface area contributed by atoms with E-state index in [2.05, 4.69) is 16.8 Å². The van der Waals surface area contributed by atoms with Crippen LogP contribution in [0.4, 0.5) is 0 Å². The number of amides is 1. The zero-order valence-electron chi connectivity index (χ0n) is 14.5. The number of aromatic nitrogens is 2. The fourth-order valence-electron chi connectivity index (χ4n) is 3.37. The van der Waals surface area contributed by atoms with Crippen LogP contribution in [0.2, 0.25) is 0 Å². The van der Waals surface area contributed by atoms with Gasteiger partial charge in [0.15, 0.2) is 0 Å². The van der Waals surface area contributed by atoms with E-state index in [4.69, 9.17) is 0 Å². The van der Waals surface area contributed by atoms with Crippen molar-refractivity contribution >= 4 is 16.8 Å². The molecule has 1 fully saturated rings. The van der Waals surface area contributed by atoms with Gasteiger partial charge in [-0.25, -0.2) is 4.79 Å². The van der Waals surface area contributed by atoms with Crippen molar-refractivity contribution in [3.8, 4) is 0 Å². The Morgan fingerprint density at radius 3 is 2.72 bits per heavy atom. The monoisotopic (exact) mass is 344 g/mol. The fourth-order valence-corrected chi connectivity index (χ4v) is 3.37. The lowest BCUT2D eigenvalue weighted by atomic mass is 10.2. The number of aromatic amines is 1. The summed E-state index contributed by atoms with van der Waals surface area (Å²) in [5.41, 5.74) is -0.294. The fraction of sp³-hybridized carbons (Fsp3) is 0.500. The minimum absolute atomic E-state index is 0.0557. The quantitative estimate of drug-likeness (QED) is 0.883. The second-order valence-corrected chi connectivity index (χ2v) is 6.35. The minimum Gasteiger partial charge on any atom is -0.341 e. The number of carbonyl (C=O) groups excluding carboxylic acids is 1. The highest BCUT2D eigenvalue weighted by atomic mass is 16.2. The maximum atomic E-state index is 12.6. The molecule has 1 saturated heterocycles. The first-order chi connectivity index (χ1) is 12.1. The van der Waals surface area contributed by atoms with Gasteiger partial charge in [-0.15, -0.1) is 0 Å². The molecule has 3 rings (SSSR count). The molecule has 0 saturated carbocycles. The lowest BCUT2D eigenvalue weighted by Gasteiger charge is -2.21. The zero-order valence-corrected chi connectivity index (χ0v) is 14.5. The van der Waals surface area contributed by atoms with Crippen LogP contribution in [0, 0.1) is 0 Å². The van der Waals surface area contributed by atoms with Gasteiger partial charge >= 0.3 is 5.69 Å². The highest BCUT2D eigenvalue weighted by molar-refractivity contribution is 5.79. The highest BCUT2D eigenvalue weighted by Crippen LogP contribution is 2.09. The molecule has 2 heterocycles. The van der Waals surface area contributed by atoms with Crippen molar-refractivity contribution in [1.29, 1.82) is 0 Å². The molecule has 2 aromatic rings. The summed E-state index contributed by atoms with van der Waals surface area (Å²) in [6.45, 7) is 6.80. The van der Waals surface area contributed by atoms with Crippen LogP contribution in [0.5, 0.6) is 0 Å². The average Bonchev–Trinajstić information content (AvgIpc) is 2.87. The zero-order chi connectivity index (χ0) is 17.8. The van der Waals surface area contributed by atoms with Gasteiger partial charge in [0.25, 0.3) is 5.56 Å². The largest absolute Gasteiger partial charge is 0.341 e. The van der Waals surface area contributed by atoms with E-state index in [9.17, 15) is 14.4 Å². The first-order valence-corrected chi connectivity index (χ1v) is 8.82. The number of nitrogens with one attached hydrogen (secondary N) is 1. The first kappa shape index (κ1) is 17.4. The van der Waals surface area contributed by atoms with Gasteiger partial charge in [0.05, 0.1) is 10.9 Å². The van der Waals surface area contributed by atoms with E-state index in [1.807, 2.05) is 4.90 Å². The Morgan fingerprint density at radius 1 is 1.12 bits per heavy atom. The molecule has 1 aromatic carbocycles. The highest BCUT2D eigenvalue weighted by Gasteiger charge is 2.18. The van der Waals surface area contributed by atoms with Gasteiger partial charge in [-0.3, -0.25) is 19.1 Å². The Bertz CT molecular complexity index is 870. The summed E-state index contributed by atoms with van der Waals surface area (Å²) in [5.74, 6) is 0.0557. The molecular formula is C18H24N4O3. The van der Waals surface area contributed by atoms with Crippen LogP contribution < -0.4 is 11.2 Å². The molecule has 1 amide bonds. The Labute approximate surface area is 145 Å². The number of benzene rings is 1. The normalized spacial score (nSPS) is 16.1. The number of likely N-dealkylation sites (N-methyl/N-ethyl adjacent to an activating group) is 1. The predicted molar refractivity (Wildman–Crippen MR) is 96.8 cm³/mol. The van der Waals surface area contributed by atoms with Crippen molar-refractivity contribution in [2.75, 3.05) is 32.7 Å². The molecule has 25 heavy (non-hydrogen) atoms. The second-order valence-electron chi connectivity index (χ2n) is 6.35. The number of H-pyrrole nitrogens is 1. The molecule has 7 nitrogen and oxygen atoms in total. The Kier molecular flexibility index (Phi) is 5.33. The lowest BCUT2D eigenvalue weighted by molar-refractivity contribution is -0.131. The van der Waals surface area contributed by atoms with E-state index >= 15 is 0 Å². The van der Waals surface area contributed by atoms with Gasteiger partial charge in [-0.1, -0.05) is 19.1 Å². The summed E-state index contributed by atoms with van der Waals surface area (Å²) in [7, 11) is 0. The summed E-state index contributed by atoms with van der Waals surface area (Å²) < 4.78 is 1.48. The Hall–Kier alpha value is -2.41. The van der Waals surface area contributed by atoms with Crippen molar-refractivity contribution in [3.63, 3.8) is 0 Å². The second kappa shape index (κ2) is 7.65. The predicted octanol–water partition coefficient (Wildman–Crippen LogP) is 0.634. The molecule has 0 radical (unpaired) electrons. The molecule has 134 valence electrons. The van der Waals surface area contributed by atoms with E-state index in [1.165, 1.54) is 4.57 Å². The molecule has 0 aliphatic carbocycles. The van der Waals surface area contributed by atoms with Gasteiger partial charge in [0.1, 0.15) is 0 Å². The van der Waals surface area contributed by atoms with Crippen LogP contribution in [0.3, 0.4) is 0 Å². The van der Waals surface area contributed by atoms with Crippen LogP contribution in [0.25, 0.3) is 10.9 Å². The summed E-state index contributed by atoms with van der Waals surface area (Å²) >= 11 is 0. The molecule has 7 heteroatoms.